The fourth-order valence-corrected chi connectivity index (χ4v) is 2.42. The average molecular weight is 191 g/mol. The second-order valence-corrected chi connectivity index (χ2v) is 3.90. The molecule has 2 aliphatic heterocycles. The van der Waals surface area contributed by atoms with Crippen LogP contribution in [0.1, 0.15) is 19.3 Å². The lowest BCUT2D eigenvalue weighted by atomic mass is 9.98. The predicted octanol–water partition coefficient (Wildman–Crippen LogP) is 1.81. The van der Waals surface area contributed by atoms with Crippen LogP contribution in [0.4, 0.5) is 0 Å². The molecule has 0 aliphatic carbocycles. The Kier molecular flexibility index (Phi) is 2.89. The Balaban J connectivity index is 1.92. The van der Waals surface area contributed by atoms with Gasteiger partial charge in [0.1, 0.15) is 0 Å². The first-order valence-electron chi connectivity index (χ1n) is 4.71. The van der Waals surface area contributed by atoms with Crippen molar-refractivity contribution < 1.29 is 9.47 Å². The van der Waals surface area contributed by atoms with Crippen molar-refractivity contribution in [2.24, 2.45) is 5.92 Å². The van der Waals surface area contributed by atoms with Gasteiger partial charge in [-0.25, -0.2) is 0 Å². The van der Waals surface area contributed by atoms with E-state index in [0.29, 0.717) is 17.9 Å². The quantitative estimate of drug-likeness (QED) is 0.619. The van der Waals surface area contributed by atoms with Gasteiger partial charge in [0.2, 0.25) is 0 Å². The van der Waals surface area contributed by atoms with Gasteiger partial charge in [0.25, 0.3) is 0 Å². The summed E-state index contributed by atoms with van der Waals surface area (Å²) in [6, 6.07) is 0. The summed E-state index contributed by atoms with van der Waals surface area (Å²) in [5.74, 6) is 1.24. The Bertz CT molecular complexity index is 145. The van der Waals surface area contributed by atoms with Gasteiger partial charge in [-0.1, -0.05) is 0 Å². The molecule has 2 rings (SSSR count). The van der Waals surface area contributed by atoms with Gasteiger partial charge in [0, 0.05) is 25.0 Å². The largest absolute Gasteiger partial charge is 0.376 e. The molecule has 2 saturated heterocycles. The molecule has 3 atom stereocenters. The van der Waals surface area contributed by atoms with Crippen LogP contribution < -0.4 is 0 Å². The molecule has 0 amide bonds. The van der Waals surface area contributed by atoms with Crippen LogP contribution >= 0.6 is 11.6 Å². The maximum absolute atomic E-state index is 5.85. The van der Waals surface area contributed by atoms with E-state index < -0.39 is 0 Å². The Morgan fingerprint density at radius 3 is 2.75 bits per heavy atom. The summed E-state index contributed by atoms with van der Waals surface area (Å²) in [4.78, 5) is 0. The Morgan fingerprint density at radius 1 is 1.17 bits per heavy atom. The Morgan fingerprint density at radius 2 is 2.08 bits per heavy atom. The third-order valence-corrected chi connectivity index (χ3v) is 3.19. The topological polar surface area (TPSA) is 18.5 Å². The lowest BCUT2D eigenvalue weighted by Gasteiger charge is -2.21. The zero-order valence-corrected chi connectivity index (χ0v) is 7.93. The molecule has 12 heavy (non-hydrogen) atoms. The highest BCUT2D eigenvalue weighted by atomic mass is 35.5. The number of ether oxygens (including phenoxy) is 2. The number of hydrogen-bond acceptors (Lipinski definition) is 2. The van der Waals surface area contributed by atoms with Gasteiger partial charge < -0.3 is 9.47 Å². The summed E-state index contributed by atoms with van der Waals surface area (Å²) in [5.41, 5.74) is 0. The van der Waals surface area contributed by atoms with E-state index in [1.807, 2.05) is 0 Å². The molecular weight excluding hydrogens is 176 g/mol. The van der Waals surface area contributed by atoms with Crippen molar-refractivity contribution in [3.8, 4) is 0 Å². The van der Waals surface area contributed by atoms with Gasteiger partial charge in [-0.05, 0) is 19.3 Å². The standard InChI is InChI=1S/C9H15ClO2/c10-6-7-3-5-12-9(7)8-2-1-4-11-8/h7-9H,1-6H2. The van der Waals surface area contributed by atoms with Crippen LogP contribution in [0.3, 0.4) is 0 Å². The molecule has 0 bridgehead atoms. The van der Waals surface area contributed by atoms with E-state index in [1.165, 1.54) is 6.42 Å². The van der Waals surface area contributed by atoms with Crippen LogP contribution in [0, 0.1) is 5.92 Å². The maximum atomic E-state index is 5.85. The highest BCUT2D eigenvalue weighted by Crippen LogP contribution is 2.30. The van der Waals surface area contributed by atoms with Crippen molar-refractivity contribution >= 4 is 11.6 Å². The molecule has 2 heterocycles. The third-order valence-electron chi connectivity index (χ3n) is 2.79. The first kappa shape index (κ1) is 8.79. The van der Waals surface area contributed by atoms with Gasteiger partial charge >= 0.3 is 0 Å². The van der Waals surface area contributed by atoms with Gasteiger partial charge in [-0.15, -0.1) is 11.6 Å². The third kappa shape index (κ3) is 1.61. The van der Waals surface area contributed by atoms with E-state index in [1.54, 1.807) is 0 Å². The normalized spacial score (nSPS) is 42.2. The van der Waals surface area contributed by atoms with Crippen molar-refractivity contribution in [2.75, 3.05) is 19.1 Å². The molecule has 0 aromatic rings. The second-order valence-electron chi connectivity index (χ2n) is 3.59. The molecule has 0 spiro atoms. The van der Waals surface area contributed by atoms with E-state index in [0.717, 1.165) is 26.1 Å². The van der Waals surface area contributed by atoms with Crippen LogP contribution in [-0.4, -0.2) is 31.3 Å². The summed E-state index contributed by atoms with van der Waals surface area (Å²) in [6.07, 6.45) is 4.05. The number of hydrogen-bond donors (Lipinski definition) is 0. The van der Waals surface area contributed by atoms with Gasteiger partial charge in [0.15, 0.2) is 0 Å². The van der Waals surface area contributed by atoms with Crippen LogP contribution in [0.15, 0.2) is 0 Å². The van der Waals surface area contributed by atoms with Crippen molar-refractivity contribution in [3.63, 3.8) is 0 Å². The molecular formula is C9H15ClO2. The molecule has 2 fully saturated rings. The molecule has 3 heteroatoms. The zero-order chi connectivity index (χ0) is 8.39. The van der Waals surface area contributed by atoms with E-state index in [2.05, 4.69) is 0 Å². The molecule has 3 unspecified atom stereocenters. The molecule has 70 valence electrons. The monoisotopic (exact) mass is 190 g/mol. The first-order valence-corrected chi connectivity index (χ1v) is 5.24. The first-order chi connectivity index (χ1) is 5.92. The average Bonchev–Trinajstić information content (AvgIpc) is 2.74. The lowest BCUT2D eigenvalue weighted by Crippen LogP contribution is -2.31. The maximum Gasteiger partial charge on any atom is 0.0876 e. The minimum Gasteiger partial charge on any atom is -0.376 e. The Hall–Kier alpha value is 0.210. The number of alkyl halides is 1. The zero-order valence-electron chi connectivity index (χ0n) is 7.17. The van der Waals surface area contributed by atoms with Crippen LogP contribution in [-0.2, 0) is 9.47 Å². The SMILES string of the molecule is ClCC1CCOC1C1CCCO1. The summed E-state index contributed by atoms with van der Waals surface area (Å²) in [5, 5.41) is 0. The number of halogens is 1. The summed E-state index contributed by atoms with van der Waals surface area (Å²) in [6.45, 7) is 1.77. The van der Waals surface area contributed by atoms with Gasteiger partial charge in [-0.2, -0.15) is 0 Å². The highest BCUT2D eigenvalue weighted by Gasteiger charge is 2.36. The van der Waals surface area contributed by atoms with Crippen molar-refractivity contribution in [3.05, 3.63) is 0 Å². The summed E-state index contributed by atoms with van der Waals surface area (Å²) >= 11 is 5.85. The summed E-state index contributed by atoms with van der Waals surface area (Å²) in [7, 11) is 0. The minimum absolute atomic E-state index is 0.282. The van der Waals surface area contributed by atoms with Crippen molar-refractivity contribution in [1.82, 2.24) is 0 Å². The molecule has 0 N–H and O–H groups in total. The highest BCUT2D eigenvalue weighted by molar-refractivity contribution is 6.18. The fraction of sp³-hybridized carbons (Fsp3) is 1.00. The van der Waals surface area contributed by atoms with Crippen LogP contribution in [0.25, 0.3) is 0 Å². The number of rotatable bonds is 2. The van der Waals surface area contributed by atoms with Gasteiger partial charge in [0.05, 0.1) is 12.2 Å². The van der Waals surface area contributed by atoms with E-state index in [4.69, 9.17) is 21.1 Å². The lowest BCUT2D eigenvalue weighted by molar-refractivity contribution is -0.0301. The summed E-state index contributed by atoms with van der Waals surface area (Å²) < 4.78 is 11.2. The van der Waals surface area contributed by atoms with E-state index in [9.17, 15) is 0 Å². The van der Waals surface area contributed by atoms with Crippen molar-refractivity contribution in [2.45, 2.75) is 31.5 Å². The molecule has 0 radical (unpaired) electrons. The smallest absolute Gasteiger partial charge is 0.0876 e. The molecule has 0 aromatic carbocycles. The van der Waals surface area contributed by atoms with Crippen molar-refractivity contribution in [1.29, 1.82) is 0 Å². The second kappa shape index (κ2) is 3.95. The Labute approximate surface area is 78.2 Å². The van der Waals surface area contributed by atoms with E-state index in [-0.39, 0.29) is 6.10 Å². The van der Waals surface area contributed by atoms with Crippen LogP contribution in [0.2, 0.25) is 0 Å². The minimum atomic E-state index is 0.282. The van der Waals surface area contributed by atoms with E-state index >= 15 is 0 Å². The molecule has 0 saturated carbocycles. The molecule has 2 aliphatic rings. The predicted molar refractivity (Wildman–Crippen MR) is 47.5 cm³/mol. The molecule has 0 aromatic heterocycles. The van der Waals surface area contributed by atoms with Crippen LogP contribution in [0.5, 0.6) is 0 Å². The fourth-order valence-electron chi connectivity index (χ4n) is 2.09. The van der Waals surface area contributed by atoms with Gasteiger partial charge in [-0.3, -0.25) is 0 Å². The molecule has 2 nitrogen and oxygen atoms in total.